The number of nitriles is 1. The molecule has 0 aliphatic rings. The van der Waals surface area contributed by atoms with E-state index in [4.69, 9.17) is 28.5 Å². The van der Waals surface area contributed by atoms with E-state index in [2.05, 4.69) is 48.5 Å². The smallest absolute Gasteiger partial charge is 0.216 e. The van der Waals surface area contributed by atoms with Crippen LogP contribution in [0.4, 0.5) is 5.69 Å². The van der Waals surface area contributed by atoms with E-state index >= 15 is 0 Å². The van der Waals surface area contributed by atoms with Crippen molar-refractivity contribution in [3.63, 3.8) is 0 Å². The zero-order chi connectivity index (χ0) is 13.8. The molecule has 1 aromatic carbocycles. The largest absolute Gasteiger partial charge is 0.358 e. The summed E-state index contributed by atoms with van der Waals surface area (Å²) < 4.78 is 0.830. The van der Waals surface area contributed by atoms with Gasteiger partial charge in [0.1, 0.15) is 11.6 Å². The molecule has 0 radical (unpaired) electrons. The number of anilines is 1. The Bertz CT molecular complexity index is 638. The summed E-state index contributed by atoms with van der Waals surface area (Å²) in [7, 11) is 0. The SMILES string of the molecule is N#CC(=CNc1c(Cl)cc(Cl)cc1I)c1nn[nH]n1. The van der Waals surface area contributed by atoms with Crippen LogP contribution in [-0.4, -0.2) is 20.6 Å². The highest BCUT2D eigenvalue weighted by atomic mass is 127. The molecule has 2 aromatic rings. The molecule has 1 aromatic heterocycles. The van der Waals surface area contributed by atoms with Gasteiger partial charge in [-0.05, 0) is 39.9 Å². The predicted molar refractivity (Wildman–Crippen MR) is 80.6 cm³/mol. The highest BCUT2D eigenvalue weighted by Crippen LogP contribution is 2.31. The van der Waals surface area contributed by atoms with E-state index in [1.54, 1.807) is 12.1 Å². The van der Waals surface area contributed by atoms with Gasteiger partial charge < -0.3 is 5.32 Å². The average Bonchev–Trinajstić information content (AvgIpc) is 2.86. The first kappa shape index (κ1) is 14.0. The third-order valence-corrected chi connectivity index (χ3v) is 3.44. The number of hydrogen-bond acceptors (Lipinski definition) is 5. The van der Waals surface area contributed by atoms with Gasteiger partial charge >= 0.3 is 0 Å². The maximum absolute atomic E-state index is 9.02. The Morgan fingerprint density at radius 3 is 2.84 bits per heavy atom. The fraction of sp³-hybridized carbons (Fsp3) is 0. The minimum atomic E-state index is 0.204. The number of rotatable bonds is 3. The van der Waals surface area contributed by atoms with Crippen LogP contribution in [0.5, 0.6) is 0 Å². The molecule has 0 unspecified atom stereocenters. The summed E-state index contributed by atoms with van der Waals surface area (Å²) in [6.45, 7) is 0. The molecule has 6 nitrogen and oxygen atoms in total. The molecule has 1 heterocycles. The van der Waals surface area contributed by atoms with Crippen LogP contribution in [-0.2, 0) is 0 Å². The standard InChI is InChI=1S/C10H5Cl2IN6/c11-6-1-7(12)9(8(13)2-6)15-4-5(3-14)10-16-18-19-17-10/h1-2,4,15H,(H,16,17,18,19). The molecular weight excluding hydrogens is 402 g/mol. The molecule has 19 heavy (non-hydrogen) atoms. The normalized spacial score (nSPS) is 11.2. The van der Waals surface area contributed by atoms with E-state index in [0.29, 0.717) is 15.7 Å². The van der Waals surface area contributed by atoms with Crippen molar-refractivity contribution in [3.05, 3.63) is 37.8 Å². The summed E-state index contributed by atoms with van der Waals surface area (Å²) in [6.07, 6.45) is 1.46. The number of allylic oxidation sites excluding steroid dienone is 1. The molecule has 2 N–H and O–H groups in total. The van der Waals surface area contributed by atoms with Gasteiger partial charge in [-0.2, -0.15) is 10.5 Å². The lowest BCUT2D eigenvalue weighted by Gasteiger charge is -2.07. The number of hydrogen-bond donors (Lipinski definition) is 2. The van der Waals surface area contributed by atoms with Crippen LogP contribution in [0.15, 0.2) is 18.3 Å². The van der Waals surface area contributed by atoms with Gasteiger partial charge in [-0.15, -0.1) is 10.2 Å². The second-order valence-corrected chi connectivity index (χ2v) is 5.30. The van der Waals surface area contributed by atoms with Crippen molar-refractivity contribution in [3.8, 4) is 6.07 Å². The van der Waals surface area contributed by atoms with Crippen molar-refractivity contribution in [1.82, 2.24) is 20.6 Å². The number of nitrogens with one attached hydrogen (secondary N) is 2. The molecule has 96 valence electrons. The van der Waals surface area contributed by atoms with E-state index in [9.17, 15) is 0 Å². The topological polar surface area (TPSA) is 90.3 Å². The van der Waals surface area contributed by atoms with Gasteiger partial charge in [0.05, 0.1) is 10.7 Å². The molecule has 0 saturated carbocycles. The summed E-state index contributed by atoms with van der Waals surface area (Å²) in [6, 6.07) is 5.33. The monoisotopic (exact) mass is 406 g/mol. The Morgan fingerprint density at radius 2 is 2.26 bits per heavy atom. The highest BCUT2D eigenvalue weighted by Gasteiger charge is 2.09. The summed E-state index contributed by atoms with van der Waals surface area (Å²) in [4.78, 5) is 0. The second-order valence-electron chi connectivity index (χ2n) is 3.29. The van der Waals surface area contributed by atoms with Crippen LogP contribution in [0.1, 0.15) is 5.82 Å². The zero-order valence-electron chi connectivity index (χ0n) is 9.15. The molecule has 0 atom stereocenters. The molecule has 0 bridgehead atoms. The summed E-state index contributed by atoms with van der Waals surface area (Å²) in [5.74, 6) is 0.204. The minimum Gasteiger partial charge on any atom is -0.358 e. The van der Waals surface area contributed by atoms with Crippen LogP contribution in [0.3, 0.4) is 0 Å². The third-order valence-electron chi connectivity index (χ3n) is 2.07. The van der Waals surface area contributed by atoms with Gasteiger partial charge in [0.2, 0.25) is 5.82 Å². The van der Waals surface area contributed by atoms with Crippen molar-refractivity contribution in [2.45, 2.75) is 0 Å². The van der Waals surface area contributed by atoms with Gasteiger partial charge in [-0.1, -0.05) is 23.2 Å². The predicted octanol–water partition coefficient (Wildman–Crippen LogP) is 3.09. The number of H-pyrrole nitrogens is 1. The number of tetrazole rings is 1. The van der Waals surface area contributed by atoms with Gasteiger partial charge in [0.15, 0.2) is 0 Å². The molecule has 0 aliphatic carbocycles. The molecule has 0 spiro atoms. The van der Waals surface area contributed by atoms with Crippen LogP contribution in [0, 0.1) is 14.9 Å². The summed E-state index contributed by atoms with van der Waals surface area (Å²) >= 11 is 14.0. The fourth-order valence-electron chi connectivity index (χ4n) is 1.25. The van der Waals surface area contributed by atoms with Gasteiger partial charge in [0, 0.05) is 14.8 Å². The van der Waals surface area contributed by atoms with Crippen LogP contribution in [0.2, 0.25) is 10.0 Å². The first-order valence-corrected chi connectivity index (χ1v) is 6.70. The number of aromatic amines is 1. The van der Waals surface area contributed by atoms with Gasteiger partial charge in [-0.25, -0.2) is 0 Å². The Morgan fingerprint density at radius 1 is 1.47 bits per heavy atom. The number of halogens is 3. The van der Waals surface area contributed by atoms with Crippen molar-refractivity contribution >= 4 is 57.1 Å². The first-order valence-electron chi connectivity index (χ1n) is 4.87. The quantitative estimate of drug-likeness (QED) is 0.603. The van der Waals surface area contributed by atoms with E-state index < -0.39 is 0 Å². The highest BCUT2D eigenvalue weighted by molar-refractivity contribution is 14.1. The number of benzene rings is 1. The lowest BCUT2D eigenvalue weighted by Crippen LogP contribution is -1.96. The van der Waals surface area contributed by atoms with Crippen LogP contribution < -0.4 is 5.32 Å². The van der Waals surface area contributed by atoms with E-state index in [1.165, 1.54) is 6.20 Å². The lowest BCUT2D eigenvalue weighted by molar-refractivity contribution is 0.881. The molecule has 2 rings (SSSR count). The molecule has 0 saturated heterocycles. The molecule has 0 aliphatic heterocycles. The fourth-order valence-corrected chi connectivity index (χ4v) is 2.92. The van der Waals surface area contributed by atoms with Crippen molar-refractivity contribution in [1.29, 1.82) is 5.26 Å². The Labute approximate surface area is 131 Å². The Kier molecular flexibility index (Phi) is 4.57. The summed E-state index contributed by atoms with van der Waals surface area (Å²) in [5.41, 5.74) is 0.887. The zero-order valence-corrected chi connectivity index (χ0v) is 12.8. The minimum absolute atomic E-state index is 0.204. The molecular formula is C10H5Cl2IN6. The van der Waals surface area contributed by atoms with Crippen LogP contribution in [0.25, 0.3) is 5.57 Å². The van der Waals surface area contributed by atoms with Gasteiger partial charge in [-0.3, -0.25) is 0 Å². The van der Waals surface area contributed by atoms with E-state index in [-0.39, 0.29) is 11.4 Å². The number of aromatic nitrogens is 4. The molecule has 0 fully saturated rings. The van der Waals surface area contributed by atoms with E-state index in [1.807, 2.05) is 6.07 Å². The van der Waals surface area contributed by atoms with Crippen LogP contribution >= 0.6 is 45.8 Å². The first-order chi connectivity index (χ1) is 9.11. The molecule has 0 amide bonds. The Hall–Kier alpha value is -1.37. The van der Waals surface area contributed by atoms with Crippen molar-refractivity contribution in [2.24, 2.45) is 0 Å². The lowest BCUT2D eigenvalue weighted by atomic mass is 10.3. The Balaban J connectivity index is 2.30. The maximum atomic E-state index is 9.02. The summed E-state index contributed by atoms with van der Waals surface area (Å²) in [5, 5.41) is 26.1. The molecule has 9 heteroatoms. The van der Waals surface area contributed by atoms with E-state index in [0.717, 1.165) is 3.57 Å². The third kappa shape index (κ3) is 3.34. The second kappa shape index (κ2) is 6.18. The number of nitrogens with zero attached hydrogens (tertiary/aromatic N) is 4. The average molecular weight is 407 g/mol. The maximum Gasteiger partial charge on any atom is 0.216 e. The van der Waals surface area contributed by atoms with Gasteiger partial charge in [0.25, 0.3) is 0 Å². The van der Waals surface area contributed by atoms with Crippen molar-refractivity contribution in [2.75, 3.05) is 5.32 Å². The van der Waals surface area contributed by atoms with Crippen molar-refractivity contribution < 1.29 is 0 Å².